The number of hydrogen-bond donors (Lipinski definition) is 3. The van der Waals surface area contributed by atoms with E-state index in [1.165, 1.54) is 173 Å². The summed E-state index contributed by atoms with van der Waals surface area (Å²) >= 11 is 0. The summed E-state index contributed by atoms with van der Waals surface area (Å²) in [4.78, 5) is 72.6. The predicted octanol–water partition coefficient (Wildman–Crippen LogP) is 21.0. The molecule has 0 amide bonds. The molecule has 92 heavy (non-hydrogen) atoms. The Morgan fingerprint density at radius 1 is 0.315 bits per heavy atom. The number of aliphatic hydroxyl groups is 1. The standard InChI is InChI=1S/C73H142O17P2/c1-8-11-12-13-14-15-16-17-18-19-20-21-22-25-29-32-42-49-56-72(77)89-68(60-83-70(75)54-47-40-31-28-26-23-24-27-30-37-44-51-64(4)5)62-87-91(79,80)85-58-67(74)59-86-92(81,82)88-63-69(90-73(78)57-50-43-36-34-39-46-53-66(7)10-3)61-84-71(76)55-48-41-35-33-38-45-52-65(6)9-2/h64-69,74H,8-63H2,1-7H3,(H,79,80)(H,81,82)/t65?,66?,67-,68-,69-/m1/s1. The quantitative estimate of drug-likeness (QED) is 0.0222. The van der Waals surface area contributed by atoms with Crippen molar-refractivity contribution >= 4 is 39.5 Å². The second-order valence-corrected chi connectivity index (χ2v) is 30.2. The molecule has 0 radical (unpaired) electrons. The predicted molar refractivity (Wildman–Crippen MR) is 372 cm³/mol. The largest absolute Gasteiger partial charge is 0.472 e. The van der Waals surface area contributed by atoms with Crippen LogP contribution in [0, 0.1) is 17.8 Å². The van der Waals surface area contributed by atoms with Crippen LogP contribution in [-0.4, -0.2) is 96.7 Å². The van der Waals surface area contributed by atoms with Gasteiger partial charge in [0.2, 0.25) is 0 Å². The van der Waals surface area contributed by atoms with Crippen LogP contribution in [0.15, 0.2) is 0 Å². The van der Waals surface area contributed by atoms with Gasteiger partial charge in [-0.15, -0.1) is 0 Å². The molecule has 0 aliphatic carbocycles. The monoisotopic (exact) mass is 1350 g/mol. The maximum absolute atomic E-state index is 13.1. The number of phosphoric ester groups is 2. The van der Waals surface area contributed by atoms with E-state index in [-0.39, 0.29) is 25.7 Å². The molecule has 7 atom stereocenters. The summed E-state index contributed by atoms with van der Waals surface area (Å²) in [5.74, 6) is 0.0960. The summed E-state index contributed by atoms with van der Waals surface area (Å²) in [7, 11) is -9.91. The third kappa shape index (κ3) is 64.1. The zero-order chi connectivity index (χ0) is 68.0. The number of hydrogen-bond acceptors (Lipinski definition) is 15. The molecule has 0 aromatic rings. The Morgan fingerprint density at radius 2 is 0.554 bits per heavy atom. The number of carbonyl (C=O) groups excluding carboxylic acids is 4. The molecule has 0 rings (SSSR count). The molecule has 3 N–H and O–H groups in total. The van der Waals surface area contributed by atoms with Gasteiger partial charge in [-0.25, -0.2) is 9.13 Å². The van der Waals surface area contributed by atoms with Crippen LogP contribution in [0.5, 0.6) is 0 Å². The second kappa shape index (κ2) is 63.8. The number of rotatable bonds is 71. The van der Waals surface area contributed by atoms with E-state index < -0.39 is 97.5 Å². The number of carbonyl (C=O) groups is 4. The zero-order valence-corrected chi connectivity index (χ0v) is 61.8. The minimum Gasteiger partial charge on any atom is -0.462 e. The molecule has 0 heterocycles. The van der Waals surface area contributed by atoms with Crippen molar-refractivity contribution in [1.29, 1.82) is 0 Å². The lowest BCUT2D eigenvalue weighted by Gasteiger charge is -2.21. The van der Waals surface area contributed by atoms with Crippen molar-refractivity contribution in [2.75, 3.05) is 39.6 Å². The van der Waals surface area contributed by atoms with Gasteiger partial charge in [0, 0.05) is 25.7 Å². The van der Waals surface area contributed by atoms with E-state index in [9.17, 15) is 43.2 Å². The molecule has 546 valence electrons. The van der Waals surface area contributed by atoms with Gasteiger partial charge in [-0.2, -0.15) is 0 Å². The first kappa shape index (κ1) is 90.1. The minimum atomic E-state index is -4.96. The van der Waals surface area contributed by atoms with Gasteiger partial charge < -0.3 is 33.8 Å². The van der Waals surface area contributed by atoms with Crippen LogP contribution in [0.4, 0.5) is 0 Å². The summed E-state index contributed by atoms with van der Waals surface area (Å²) in [6.45, 7) is 11.8. The molecule has 0 aromatic heterocycles. The Hall–Kier alpha value is -1.94. The van der Waals surface area contributed by atoms with Gasteiger partial charge in [-0.3, -0.25) is 37.3 Å². The van der Waals surface area contributed by atoms with Gasteiger partial charge in [-0.05, 0) is 43.4 Å². The summed E-state index contributed by atoms with van der Waals surface area (Å²) < 4.78 is 68.4. The Balaban J connectivity index is 5.24. The lowest BCUT2D eigenvalue weighted by molar-refractivity contribution is -0.161. The van der Waals surface area contributed by atoms with Crippen LogP contribution in [0.2, 0.25) is 0 Å². The van der Waals surface area contributed by atoms with Crippen molar-refractivity contribution in [3.63, 3.8) is 0 Å². The molecule has 17 nitrogen and oxygen atoms in total. The molecule has 4 unspecified atom stereocenters. The molecule has 0 aliphatic rings. The minimum absolute atomic E-state index is 0.102. The SMILES string of the molecule is CCCCCCCCCCCCCCCCCCCCC(=O)O[C@H](COC(=O)CCCCCCCCCCCCCC(C)C)COP(=O)(O)OC[C@@H](O)COP(=O)(O)OC[C@@H](COC(=O)CCCCCCCCC(C)CC)OC(=O)CCCCCCCCC(C)CC. The summed E-state index contributed by atoms with van der Waals surface area (Å²) in [6.07, 6.45) is 48.7. The molecule has 0 spiro atoms. The normalized spacial score (nSPS) is 14.7. The zero-order valence-electron chi connectivity index (χ0n) is 60.0. The molecular weight excluding hydrogens is 1210 g/mol. The lowest BCUT2D eigenvalue weighted by atomic mass is 10.00. The lowest BCUT2D eigenvalue weighted by Crippen LogP contribution is -2.30. The maximum atomic E-state index is 13.1. The highest BCUT2D eigenvalue weighted by Gasteiger charge is 2.30. The van der Waals surface area contributed by atoms with Gasteiger partial charge in [-0.1, -0.05) is 318 Å². The molecule has 0 bridgehead atoms. The van der Waals surface area contributed by atoms with Crippen LogP contribution in [0.3, 0.4) is 0 Å². The highest BCUT2D eigenvalue weighted by Crippen LogP contribution is 2.45. The fourth-order valence-corrected chi connectivity index (χ4v) is 12.6. The van der Waals surface area contributed by atoms with E-state index in [0.717, 1.165) is 114 Å². The number of esters is 4. The molecule has 0 fully saturated rings. The average Bonchev–Trinajstić information content (AvgIpc) is 2.41. The number of aliphatic hydroxyl groups excluding tert-OH is 1. The average molecular weight is 1350 g/mol. The molecule has 19 heteroatoms. The Morgan fingerprint density at radius 3 is 0.826 bits per heavy atom. The summed E-state index contributed by atoms with van der Waals surface area (Å²) in [5, 5.41) is 10.6. The third-order valence-corrected chi connectivity index (χ3v) is 19.5. The van der Waals surface area contributed by atoms with Crippen molar-refractivity contribution in [2.45, 2.75) is 388 Å². The Kier molecular flexibility index (Phi) is 62.4. The second-order valence-electron chi connectivity index (χ2n) is 27.3. The first-order valence-electron chi connectivity index (χ1n) is 37.9. The highest BCUT2D eigenvalue weighted by molar-refractivity contribution is 7.47. The van der Waals surface area contributed by atoms with E-state index in [1.54, 1.807) is 0 Å². The Labute approximate surface area is 562 Å². The summed E-state index contributed by atoms with van der Waals surface area (Å²) in [6, 6.07) is 0. The van der Waals surface area contributed by atoms with Crippen molar-refractivity contribution in [2.24, 2.45) is 17.8 Å². The van der Waals surface area contributed by atoms with Gasteiger partial charge in [0.05, 0.1) is 26.4 Å². The van der Waals surface area contributed by atoms with Crippen molar-refractivity contribution in [3.05, 3.63) is 0 Å². The molecule has 0 aromatic carbocycles. The van der Waals surface area contributed by atoms with Gasteiger partial charge in [0.15, 0.2) is 12.2 Å². The van der Waals surface area contributed by atoms with Gasteiger partial charge in [0.25, 0.3) is 0 Å². The molecule has 0 aliphatic heterocycles. The molecular formula is C73H142O17P2. The fraction of sp³-hybridized carbons (Fsp3) is 0.945. The van der Waals surface area contributed by atoms with Crippen LogP contribution in [-0.2, 0) is 65.4 Å². The first-order valence-corrected chi connectivity index (χ1v) is 40.9. The van der Waals surface area contributed by atoms with E-state index >= 15 is 0 Å². The van der Waals surface area contributed by atoms with Crippen molar-refractivity contribution in [1.82, 2.24) is 0 Å². The highest BCUT2D eigenvalue weighted by atomic mass is 31.2. The summed E-state index contributed by atoms with van der Waals surface area (Å²) in [5.41, 5.74) is 0. The van der Waals surface area contributed by atoms with E-state index in [2.05, 4.69) is 48.5 Å². The number of unbranched alkanes of at least 4 members (excludes halogenated alkanes) is 37. The third-order valence-electron chi connectivity index (χ3n) is 17.6. The van der Waals surface area contributed by atoms with E-state index in [0.29, 0.717) is 25.7 Å². The van der Waals surface area contributed by atoms with Crippen LogP contribution >= 0.6 is 15.6 Å². The number of ether oxygens (including phenoxy) is 4. The maximum Gasteiger partial charge on any atom is 0.472 e. The van der Waals surface area contributed by atoms with Crippen molar-refractivity contribution in [3.8, 4) is 0 Å². The van der Waals surface area contributed by atoms with E-state index in [4.69, 9.17) is 37.0 Å². The van der Waals surface area contributed by atoms with Gasteiger partial charge >= 0.3 is 39.5 Å². The van der Waals surface area contributed by atoms with Crippen LogP contribution in [0.25, 0.3) is 0 Å². The smallest absolute Gasteiger partial charge is 0.462 e. The Bertz CT molecular complexity index is 1810. The van der Waals surface area contributed by atoms with Crippen LogP contribution in [0.1, 0.15) is 370 Å². The van der Waals surface area contributed by atoms with Gasteiger partial charge in [0.1, 0.15) is 19.3 Å². The fourth-order valence-electron chi connectivity index (χ4n) is 11.0. The number of phosphoric acid groups is 2. The van der Waals surface area contributed by atoms with Crippen molar-refractivity contribution < 1.29 is 80.2 Å². The van der Waals surface area contributed by atoms with E-state index in [1.807, 2.05) is 0 Å². The first-order chi connectivity index (χ1) is 44.3. The molecule has 0 saturated heterocycles. The van der Waals surface area contributed by atoms with Crippen LogP contribution < -0.4 is 0 Å². The molecule has 0 saturated carbocycles. The topological polar surface area (TPSA) is 237 Å².